The van der Waals surface area contributed by atoms with Crippen LogP contribution < -0.4 is 0 Å². The predicted molar refractivity (Wildman–Crippen MR) is 64.7 cm³/mol. The summed E-state index contributed by atoms with van der Waals surface area (Å²) in [6.45, 7) is 2.39. The van der Waals surface area contributed by atoms with E-state index in [0.717, 1.165) is 11.8 Å². The largest absolute Gasteiger partial charge is 0.184 e. The molecule has 0 N–H and O–H groups in total. The monoisotopic (exact) mass is 379 g/mol. The molecule has 0 nitrogen and oxygen atoms in total. The quantitative estimate of drug-likeness (QED) is 0.690. The van der Waals surface area contributed by atoms with Crippen LogP contribution in [0.1, 0.15) is 44.6 Å². The molecule has 0 saturated heterocycles. The summed E-state index contributed by atoms with van der Waals surface area (Å²) in [5.74, 6) is 1.97. The van der Waals surface area contributed by atoms with Crippen molar-refractivity contribution in [1.82, 2.24) is 0 Å². The van der Waals surface area contributed by atoms with E-state index in [-0.39, 0.29) is 65.4 Å². The molecule has 1 saturated carbocycles. The van der Waals surface area contributed by atoms with Gasteiger partial charge in [-0.05, 0) is 18.3 Å². The van der Waals surface area contributed by atoms with Gasteiger partial charge in [0.15, 0.2) is 0 Å². The molecule has 1 aromatic rings. The number of hydrogen-bond acceptors (Lipinski definition) is 0. The molecule has 17 heavy (non-hydrogen) atoms. The average molecular weight is 379 g/mol. The van der Waals surface area contributed by atoms with Crippen LogP contribution in [0.25, 0.3) is 0 Å². The first-order chi connectivity index (χ1) is 7.34. The molecule has 88 valence electrons. The van der Waals surface area contributed by atoms with Gasteiger partial charge >= 0.3 is 0 Å². The zero-order chi connectivity index (χ0) is 10.5. The van der Waals surface area contributed by atoms with Crippen molar-refractivity contribution in [1.29, 1.82) is 0 Å². The second kappa shape index (κ2) is 10.2. The Morgan fingerprint density at radius 3 is 2.24 bits per heavy atom. The average Bonchev–Trinajstić information content (AvgIpc) is 2.30. The maximum atomic E-state index is 3.08. The standard InChI is InChI=1S/C15H21.2Y/c1-13-7-9-15(10-8-13)12-11-14-5-3-2-4-6-14;;/h3-6,13,15H,7-12H2,1H3;;/q-1;;. The first-order valence-corrected chi connectivity index (χ1v) is 6.29. The van der Waals surface area contributed by atoms with Crippen molar-refractivity contribution in [2.75, 3.05) is 0 Å². The van der Waals surface area contributed by atoms with Crippen molar-refractivity contribution in [2.45, 2.75) is 45.4 Å². The molecular weight excluding hydrogens is 358 g/mol. The summed E-state index contributed by atoms with van der Waals surface area (Å²) < 4.78 is 0. The van der Waals surface area contributed by atoms with Crippen LogP contribution in [0.4, 0.5) is 0 Å². The second-order valence-electron chi connectivity index (χ2n) is 5.07. The first-order valence-electron chi connectivity index (χ1n) is 6.29. The fourth-order valence-corrected chi connectivity index (χ4v) is 2.58. The fraction of sp³-hybridized carbons (Fsp3) is 0.600. The summed E-state index contributed by atoms with van der Waals surface area (Å²) >= 11 is 0. The van der Waals surface area contributed by atoms with Crippen molar-refractivity contribution in [3.8, 4) is 0 Å². The van der Waals surface area contributed by atoms with Crippen molar-refractivity contribution in [3.63, 3.8) is 0 Å². The molecule has 0 heterocycles. The number of hydrogen-bond donors (Lipinski definition) is 0. The van der Waals surface area contributed by atoms with E-state index in [2.05, 4.69) is 25.1 Å². The van der Waals surface area contributed by atoms with Crippen LogP contribution in [-0.2, 0) is 71.8 Å². The predicted octanol–water partition coefficient (Wildman–Crippen LogP) is 4.24. The van der Waals surface area contributed by atoms with E-state index in [4.69, 9.17) is 0 Å². The molecule has 1 aliphatic carbocycles. The molecule has 1 aromatic carbocycles. The van der Waals surface area contributed by atoms with Gasteiger partial charge in [-0.3, -0.25) is 0 Å². The van der Waals surface area contributed by atoms with E-state index in [9.17, 15) is 0 Å². The normalized spacial score (nSPS) is 23.4. The number of benzene rings is 1. The van der Waals surface area contributed by atoms with Gasteiger partial charge in [-0.25, -0.2) is 0 Å². The van der Waals surface area contributed by atoms with E-state index in [1.807, 2.05) is 12.1 Å². The zero-order valence-corrected chi connectivity index (χ0v) is 16.5. The van der Waals surface area contributed by atoms with Gasteiger partial charge in [0.25, 0.3) is 0 Å². The summed E-state index contributed by atoms with van der Waals surface area (Å²) in [4.78, 5) is 0. The van der Waals surface area contributed by atoms with Gasteiger partial charge in [-0.2, -0.15) is 35.9 Å². The molecule has 0 unspecified atom stereocenters. The van der Waals surface area contributed by atoms with E-state index >= 15 is 0 Å². The van der Waals surface area contributed by atoms with Crippen molar-refractivity contribution in [3.05, 3.63) is 35.9 Å². The van der Waals surface area contributed by atoms with Gasteiger partial charge in [-0.1, -0.05) is 39.0 Å². The van der Waals surface area contributed by atoms with Crippen LogP contribution in [-0.4, -0.2) is 0 Å². The molecule has 2 rings (SSSR count). The molecule has 2 radical (unpaired) electrons. The molecule has 0 aromatic heterocycles. The third kappa shape index (κ3) is 6.95. The molecule has 0 aliphatic heterocycles. The molecule has 0 bridgehead atoms. The maximum Gasteiger partial charge on any atom is 0 e. The fourth-order valence-electron chi connectivity index (χ4n) is 2.58. The van der Waals surface area contributed by atoms with E-state index < -0.39 is 0 Å². The van der Waals surface area contributed by atoms with E-state index in [1.165, 1.54) is 44.1 Å². The van der Waals surface area contributed by atoms with Crippen LogP contribution in [0, 0.1) is 17.9 Å². The topological polar surface area (TPSA) is 0 Å². The third-order valence-corrected chi connectivity index (χ3v) is 3.76. The minimum absolute atomic E-state index is 0. The second-order valence-corrected chi connectivity index (χ2v) is 5.07. The van der Waals surface area contributed by atoms with Gasteiger partial charge < -0.3 is 0 Å². The molecule has 1 aliphatic rings. The van der Waals surface area contributed by atoms with Gasteiger partial charge in [0.05, 0.1) is 0 Å². The number of aryl methyl sites for hydroxylation is 1. The Kier molecular flexibility index (Phi) is 11.1. The Balaban J connectivity index is 0.00000128. The summed E-state index contributed by atoms with van der Waals surface area (Å²) in [5.41, 5.74) is 1.48. The Morgan fingerprint density at radius 1 is 1.06 bits per heavy atom. The van der Waals surface area contributed by atoms with Gasteiger partial charge in [-0.15, -0.1) is 0 Å². The maximum absolute atomic E-state index is 3.08. The van der Waals surface area contributed by atoms with Crippen LogP contribution in [0.15, 0.2) is 24.3 Å². The molecular formula is C15H21Y2-. The Bertz CT molecular complexity index is 276. The Morgan fingerprint density at radius 2 is 1.65 bits per heavy atom. The Hall–Kier alpha value is 1.43. The van der Waals surface area contributed by atoms with Crippen LogP contribution in [0.3, 0.4) is 0 Å². The van der Waals surface area contributed by atoms with Gasteiger partial charge in [0.2, 0.25) is 0 Å². The minimum Gasteiger partial charge on any atom is -0.184 e. The Labute approximate surface area is 156 Å². The van der Waals surface area contributed by atoms with Gasteiger partial charge in [0, 0.05) is 65.4 Å². The van der Waals surface area contributed by atoms with Gasteiger partial charge in [0.1, 0.15) is 0 Å². The summed E-state index contributed by atoms with van der Waals surface area (Å²) in [6, 6.07) is 11.5. The summed E-state index contributed by atoms with van der Waals surface area (Å²) in [5, 5.41) is 0. The van der Waals surface area contributed by atoms with Crippen molar-refractivity contribution >= 4 is 0 Å². The van der Waals surface area contributed by atoms with E-state index in [0.29, 0.717) is 0 Å². The zero-order valence-electron chi connectivity index (χ0n) is 10.9. The van der Waals surface area contributed by atoms with Crippen LogP contribution in [0.2, 0.25) is 0 Å². The smallest absolute Gasteiger partial charge is 0 e. The summed E-state index contributed by atoms with van der Waals surface area (Å²) in [7, 11) is 0. The minimum atomic E-state index is 0. The molecule has 0 spiro atoms. The molecule has 2 heteroatoms. The van der Waals surface area contributed by atoms with Crippen molar-refractivity contribution in [2.24, 2.45) is 11.8 Å². The molecule has 0 atom stereocenters. The van der Waals surface area contributed by atoms with Crippen molar-refractivity contribution < 1.29 is 65.4 Å². The summed E-state index contributed by atoms with van der Waals surface area (Å²) in [6.07, 6.45) is 8.46. The molecule has 1 fully saturated rings. The third-order valence-electron chi connectivity index (χ3n) is 3.76. The van der Waals surface area contributed by atoms with E-state index in [1.54, 1.807) is 0 Å². The first kappa shape index (κ1) is 18.4. The SMILES string of the molecule is CC1CCC(CCc2cc[c-]cc2)CC1.[Y].[Y]. The molecule has 0 amide bonds. The van der Waals surface area contributed by atoms with Crippen LogP contribution in [0.5, 0.6) is 0 Å². The van der Waals surface area contributed by atoms with Crippen LogP contribution >= 0.6 is 0 Å². The number of rotatable bonds is 3.